The van der Waals surface area contributed by atoms with E-state index in [4.69, 9.17) is 9.47 Å². The summed E-state index contributed by atoms with van der Waals surface area (Å²) in [6.45, 7) is 1.99. The first-order valence-corrected chi connectivity index (χ1v) is 7.35. The summed E-state index contributed by atoms with van der Waals surface area (Å²) in [6, 6.07) is 10.5. The van der Waals surface area contributed by atoms with Crippen molar-refractivity contribution in [2.75, 3.05) is 14.2 Å². The van der Waals surface area contributed by atoms with Crippen LogP contribution in [0.2, 0.25) is 0 Å². The number of hydrogen-bond acceptors (Lipinski definition) is 4. The molecule has 0 saturated heterocycles. The van der Waals surface area contributed by atoms with Crippen LogP contribution < -0.4 is 9.47 Å². The first kappa shape index (κ1) is 16.6. The number of allylic oxidation sites excluding steroid dienone is 1. The van der Waals surface area contributed by atoms with E-state index in [1.54, 1.807) is 44.6 Å². The lowest BCUT2D eigenvalue weighted by Crippen LogP contribution is -1.96. The first-order valence-electron chi connectivity index (χ1n) is 7.35. The van der Waals surface area contributed by atoms with Crippen molar-refractivity contribution in [3.8, 4) is 17.2 Å². The minimum Gasteiger partial charge on any atom is -0.507 e. The largest absolute Gasteiger partial charge is 0.507 e. The van der Waals surface area contributed by atoms with Gasteiger partial charge in [-0.15, -0.1) is 0 Å². The topological polar surface area (TPSA) is 55.8 Å². The van der Waals surface area contributed by atoms with Gasteiger partial charge in [-0.3, -0.25) is 4.79 Å². The highest BCUT2D eigenvalue weighted by molar-refractivity contribution is 6.08. The van der Waals surface area contributed by atoms with Gasteiger partial charge in [0.25, 0.3) is 0 Å². The zero-order valence-corrected chi connectivity index (χ0v) is 13.5. The Balaban J connectivity index is 2.24. The number of aryl methyl sites for hydroxylation is 1. The summed E-state index contributed by atoms with van der Waals surface area (Å²) < 4.78 is 10.4. The number of phenols is 1. The maximum atomic E-state index is 12.2. The van der Waals surface area contributed by atoms with Gasteiger partial charge >= 0.3 is 0 Å². The third-order valence-electron chi connectivity index (χ3n) is 3.59. The molecule has 0 aliphatic rings. The summed E-state index contributed by atoms with van der Waals surface area (Å²) in [5.74, 6) is 1.03. The molecule has 0 saturated carbocycles. The number of methoxy groups -OCH3 is 2. The second kappa shape index (κ2) is 7.49. The van der Waals surface area contributed by atoms with Crippen LogP contribution in [0.1, 0.15) is 28.4 Å². The third kappa shape index (κ3) is 3.92. The fraction of sp³-hybridized carbons (Fsp3) is 0.211. The van der Waals surface area contributed by atoms with Crippen molar-refractivity contribution in [1.29, 1.82) is 0 Å². The molecule has 0 aromatic heterocycles. The van der Waals surface area contributed by atoms with Gasteiger partial charge in [-0.25, -0.2) is 0 Å². The predicted octanol–water partition coefficient (Wildman–Crippen LogP) is 3.87. The van der Waals surface area contributed by atoms with Crippen LogP contribution in [0.25, 0.3) is 6.08 Å². The standard InChI is InChI=1S/C19H20O4/c1-4-13-5-9-16(18(21)11-13)17(20)10-7-14-6-8-15(22-2)12-19(14)23-3/h5-12,21H,4H2,1-3H3/b10-7+. The van der Waals surface area contributed by atoms with E-state index >= 15 is 0 Å². The maximum absolute atomic E-state index is 12.2. The van der Waals surface area contributed by atoms with E-state index < -0.39 is 0 Å². The number of ether oxygens (including phenoxy) is 2. The quantitative estimate of drug-likeness (QED) is 0.650. The van der Waals surface area contributed by atoms with Gasteiger partial charge in [-0.2, -0.15) is 0 Å². The number of benzene rings is 2. The van der Waals surface area contributed by atoms with Crippen molar-refractivity contribution < 1.29 is 19.4 Å². The summed E-state index contributed by atoms with van der Waals surface area (Å²) in [5.41, 5.74) is 2.03. The Labute approximate surface area is 136 Å². The molecule has 0 fully saturated rings. The molecule has 0 aliphatic heterocycles. The Bertz CT molecular complexity index is 732. The monoisotopic (exact) mass is 312 g/mol. The van der Waals surface area contributed by atoms with Crippen LogP contribution in [0, 0.1) is 0 Å². The number of phenolic OH excluding ortho intramolecular Hbond substituents is 1. The van der Waals surface area contributed by atoms with Crippen LogP contribution >= 0.6 is 0 Å². The number of carbonyl (C=O) groups excluding carboxylic acids is 1. The van der Waals surface area contributed by atoms with Crippen molar-refractivity contribution in [3.05, 3.63) is 59.2 Å². The van der Waals surface area contributed by atoms with E-state index in [2.05, 4.69) is 0 Å². The van der Waals surface area contributed by atoms with Crippen molar-refractivity contribution in [3.63, 3.8) is 0 Å². The molecule has 2 aromatic rings. The van der Waals surface area contributed by atoms with E-state index in [-0.39, 0.29) is 17.1 Å². The van der Waals surface area contributed by atoms with E-state index in [1.807, 2.05) is 19.1 Å². The van der Waals surface area contributed by atoms with Crippen LogP contribution in [-0.2, 0) is 6.42 Å². The Morgan fingerprint density at radius 1 is 1.13 bits per heavy atom. The van der Waals surface area contributed by atoms with Crippen LogP contribution in [0.15, 0.2) is 42.5 Å². The Kier molecular flexibility index (Phi) is 5.41. The Morgan fingerprint density at radius 2 is 1.91 bits per heavy atom. The van der Waals surface area contributed by atoms with Gasteiger partial charge in [0.2, 0.25) is 0 Å². The lowest BCUT2D eigenvalue weighted by molar-refractivity contribution is 0.104. The van der Waals surface area contributed by atoms with Crippen molar-refractivity contribution in [1.82, 2.24) is 0 Å². The molecule has 0 radical (unpaired) electrons. The van der Waals surface area contributed by atoms with E-state index in [9.17, 15) is 9.90 Å². The molecule has 4 heteroatoms. The van der Waals surface area contributed by atoms with E-state index in [1.165, 1.54) is 6.08 Å². The smallest absolute Gasteiger partial charge is 0.189 e. The van der Waals surface area contributed by atoms with Crippen molar-refractivity contribution in [2.24, 2.45) is 0 Å². The first-order chi connectivity index (χ1) is 11.1. The molecular formula is C19H20O4. The molecule has 0 spiro atoms. The van der Waals surface area contributed by atoms with Gasteiger partial charge in [0, 0.05) is 11.6 Å². The van der Waals surface area contributed by atoms with Crippen LogP contribution in [-0.4, -0.2) is 25.1 Å². The lowest BCUT2D eigenvalue weighted by atomic mass is 10.0. The van der Waals surface area contributed by atoms with Crippen molar-refractivity contribution >= 4 is 11.9 Å². The molecule has 0 unspecified atom stereocenters. The van der Waals surface area contributed by atoms with Crippen LogP contribution in [0.4, 0.5) is 0 Å². The van der Waals surface area contributed by atoms with Gasteiger partial charge < -0.3 is 14.6 Å². The summed E-state index contributed by atoms with van der Waals surface area (Å²) in [6.07, 6.45) is 3.89. The second-order valence-corrected chi connectivity index (χ2v) is 5.01. The van der Waals surface area contributed by atoms with Gasteiger partial charge in [0.1, 0.15) is 17.2 Å². The number of aromatic hydroxyl groups is 1. The highest BCUT2D eigenvalue weighted by Crippen LogP contribution is 2.26. The number of rotatable bonds is 6. The Morgan fingerprint density at radius 3 is 2.52 bits per heavy atom. The molecule has 0 aliphatic carbocycles. The van der Waals surface area contributed by atoms with E-state index in [0.29, 0.717) is 11.5 Å². The molecule has 23 heavy (non-hydrogen) atoms. The van der Waals surface area contributed by atoms with Crippen LogP contribution in [0.5, 0.6) is 17.2 Å². The molecular weight excluding hydrogens is 292 g/mol. The molecule has 120 valence electrons. The maximum Gasteiger partial charge on any atom is 0.189 e. The number of ketones is 1. The van der Waals surface area contributed by atoms with Gasteiger partial charge in [-0.1, -0.05) is 13.0 Å². The van der Waals surface area contributed by atoms with Gasteiger partial charge in [-0.05, 0) is 48.4 Å². The molecule has 0 amide bonds. The average molecular weight is 312 g/mol. The Hall–Kier alpha value is -2.75. The molecule has 2 aromatic carbocycles. The minimum absolute atomic E-state index is 0.000644. The molecule has 0 bridgehead atoms. The molecule has 0 atom stereocenters. The van der Waals surface area contributed by atoms with Gasteiger partial charge in [0.15, 0.2) is 5.78 Å². The third-order valence-corrected chi connectivity index (χ3v) is 3.59. The average Bonchev–Trinajstić information content (AvgIpc) is 2.59. The van der Waals surface area contributed by atoms with E-state index in [0.717, 1.165) is 17.5 Å². The molecule has 2 rings (SSSR count). The molecule has 0 heterocycles. The lowest BCUT2D eigenvalue weighted by Gasteiger charge is -2.07. The zero-order valence-electron chi connectivity index (χ0n) is 13.5. The summed E-state index contributed by atoms with van der Waals surface area (Å²) in [4.78, 5) is 12.2. The predicted molar refractivity (Wildman–Crippen MR) is 90.4 cm³/mol. The summed E-state index contributed by atoms with van der Waals surface area (Å²) in [7, 11) is 3.14. The van der Waals surface area contributed by atoms with Crippen LogP contribution in [0.3, 0.4) is 0 Å². The molecule has 4 nitrogen and oxygen atoms in total. The minimum atomic E-state index is -0.261. The summed E-state index contributed by atoms with van der Waals surface area (Å²) >= 11 is 0. The fourth-order valence-corrected chi connectivity index (χ4v) is 2.22. The zero-order chi connectivity index (χ0) is 16.8. The number of hydrogen-bond donors (Lipinski definition) is 1. The highest BCUT2D eigenvalue weighted by Gasteiger charge is 2.09. The highest BCUT2D eigenvalue weighted by atomic mass is 16.5. The SMILES string of the molecule is CCc1ccc(C(=O)/C=C/c2ccc(OC)cc2OC)c(O)c1. The summed E-state index contributed by atoms with van der Waals surface area (Å²) in [5, 5.41) is 9.96. The fourth-order valence-electron chi connectivity index (χ4n) is 2.22. The second-order valence-electron chi connectivity index (χ2n) is 5.01. The van der Waals surface area contributed by atoms with Crippen molar-refractivity contribution in [2.45, 2.75) is 13.3 Å². The molecule has 1 N–H and O–H groups in total. The number of carbonyl (C=O) groups is 1. The normalized spacial score (nSPS) is 10.7. The van der Waals surface area contributed by atoms with Gasteiger partial charge in [0.05, 0.1) is 19.8 Å².